The van der Waals surface area contributed by atoms with E-state index >= 15 is 0 Å². The molecule has 37 heavy (non-hydrogen) atoms. The van der Waals surface area contributed by atoms with Crippen LogP contribution in [-0.4, -0.2) is 37.8 Å². The Morgan fingerprint density at radius 1 is 1.05 bits per heavy atom. The molecule has 196 valence electrons. The first kappa shape index (κ1) is 26.2. The van der Waals surface area contributed by atoms with Crippen LogP contribution >= 0.6 is 0 Å². The molecule has 2 N–H and O–H groups in total. The Labute approximate surface area is 207 Å². The molecule has 0 radical (unpaired) electrons. The molecule has 1 aromatic carbocycles. The van der Waals surface area contributed by atoms with Gasteiger partial charge in [-0.1, -0.05) is 18.1 Å². The molecule has 1 aliphatic heterocycles. The number of anilines is 1. The van der Waals surface area contributed by atoms with Crippen LogP contribution in [0.2, 0.25) is 0 Å². The van der Waals surface area contributed by atoms with Crippen LogP contribution in [0.1, 0.15) is 25.3 Å². The third-order valence-corrected chi connectivity index (χ3v) is 6.18. The standard InChI is InChI=1S/C24H23F5N6O2/c1-3-4-10-34-20-21(31-23(34)33-9-5-7-13(30)12-33)32(2)24(37)35(22(20)36)11-6-8-14-15(25)17(27)19(29)18(28)16(14)26/h6,8,13H,5,7,9-12,30H2,1-2H3/b8-6+. The quantitative estimate of drug-likeness (QED) is 0.240. The maximum atomic E-state index is 14.0. The number of imidazole rings is 1. The number of nitrogens with zero attached hydrogens (tertiary/aromatic N) is 5. The van der Waals surface area contributed by atoms with E-state index in [2.05, 4.69) is 16.8 Å². The normalized spacial score (nSPS) is 16.0. The number of piperidine rings is 1. The van der Waals surface area contributed by atoms with E-state index in [0.29, 0.717) is 25.1 Å². The van der Waals surface area contributed by atoms with E-state index in [4.69, 9.17) is 5.73 Å². The first-order valence-electron chi connectivity index (χ1n) is 11.4. The van der Waals surface area contributed by atoms with Gasteiger partial charge in [-0.25, -0.2) is 26.7 Å². The topological polar surface area (TPSA) is 91.1 Å². The highest BCUT2D eigenvalue weighted by Gasteiger charge is 2.27. The highest BCUT2D eigenvalue weighted by molar-refractivity contribution is 5.75. The van der Waals surface area contributed by atoms with Crippen LogP contribution < -0.4 is 21.9 Å². The molecule has 1 fully saturated rings. The fraction of sp³-hybridized carbons (Fsp3) is 0.375. The minimum Gasteiger partial charge on any atom is -0.341 e. The zero-order valence-corrected chi connectivity index (χ0v) is 20.0. The summed E-state index contributed by atoms with van der Waals surface area (Å²) in [5.74, 6) is -4.46. The Kier molecular flexibility index (Phi) is 7.22. The Morgan fingerprint density at radius 2 is 1.70 bits per heavy atom. The molecule has 0 bridgehead atoms. The van der Waals surface area contributed by atoms with E-state index in [-0.39, 0.29) is 23.8 Å². The van der Waals surface area contributed by atoms with Gasteiger partial charge in [0, 0.05) is 32.7 Å². The molecular formula is C24H23F5N6O2. The van der Waals surface area contributed by atoms with E-state index in [1.807, 2.05) is 4.90 Å². The van der Waals surface area contributed by atoms with Gasteiger partial charge in [-0.3, -0.25) is 18.5 Å². The van der Waals surface area contributed by atoms with Crippen LogP contribution in [0.3, 0.4) is 0 Å². The van der Waals surface area contributed by atoms with Gasteiger partial charge in [-0.2, -0.15) is 4.98 Å². The minimum absolute atomic E-state index is 0.0728. The molecule has 3 heterocycles. The van der Waals surface area contributed by atoms with Crippen molar-refractivity contribution in [3.63, 3.8) is 0 Å². The summed E-state index contributed by atoms with van der Waals surface area (Å²) in [6.45, 7) is 2.37. The lowest BCUT2D eigenvalue weighted by Crippen LogP contribution is -2.44. The molecule has 1 unspecified atom stereocenters. The van der Waals surface area contributed by atoms with Gasteiger partial charge in [-0.15, -0.1) is 5.92 Å². The number of hydrogen-bond donors (Lipinski definition) is 1. The third kappa shape index (κ3) is 4.53. The minimum atomic E-state index is -2.28. The second-order valence-corrected chi connectivity index (χ2v) is 8.59. The smallest absolute Gasteiger partial charge is 0.332 e. The lowest BCUT2D eigenvalue weighted by Gasteiger charge is -2.31. The predicted molar refractivity (Wildman–Crippen MR) is 127 cm³/mol. The molecule has 13 heteroatoms. The summed E-state index contributed by atoms with van der Waals surface area (Å²) in [5, 5.41) is 0. The first-order chi connectivity index (χ1) is 17.6. The molecule has 3 aromatic rings. The molecule has 0 amide bonds. The molecular weight excluding hydrogens is 499 g/mol. The van der Waals surface area contributed by atoms with Crippen molar-refractivity contribution in [1.29, 1.82) is 0 Å². The predicted octanol–water partition coefficient (Wildman–Crippen LogP) is 2.26. The van der Waals surface area contributed by atoms with Crippen molar-refractivity contribution in [2.45, 2.75) is 38.9 Å². The van der Waals surface area contributed by atoms with Gasteiger partial charge in [0.05, 0.1) is 12.1 Å². The highest BCUT2D eigenvalue weighted by Crippen LogP contribution is 2.25. The monoisotopic (exact) mass is 522 g/mol. The Hall–Kier alpha value is -3.92. The van der Waals surface area contributed by atoms with Crippen molar-refractivity contribution < 1.29 is 22.0 Å². The number of aryl methyl sites for hydroxylation is 1. The molecule has 0 spiro atoms. The fourth-order valence-electron chi connectivity index (χ4n) is 4.31. The maximum absolute atomic E-state index is 14.0. The Balaban J connectivity index is 1.83. The number of nitrogens with two attached hydrogens (primary N) is 1. The van der Waals surface area contributed by atoms with Gasteiger partial charge in [0.2, 0.25) is 11.8 Å². The van der Waals surface area contributed by atoms with E-state index < -0.39 is 52.4 Å². The lowest BCUT2D eigenvalue weighted by atomic mass is 10.1. The van der Waals surface area contributed by atoms with Crippen LogP contribution in [0, 0.1) is 40.9 Å². The van der Waals surface area contributed by atoms with Crippen LogP contribution in [0.4, 0.5) is 27.9 Å². The Bertz CT molecular complexity index is 1560. The largest absolute Gasteiger partial charge is 0.341 e. The van der Waals surface area contributed by atoms with Crippen LogP contribution in [0.25, 0.3) is 17.2 Å². The molecule has 1 aliphatic rings. The van der Waals surface area contributed by atoms with Gasteiger partial charge in [0.25, 0.3) is 5.56 Å². The van der Waals surface area contributed by atoms with Crippen molar-refractivity contribution >= 4 is 23.2 Å². The highest BCUT2D eigenvalue weighted by atomic mass is 19.2. The van der Waals surface area contributed by atoms with Gasteiger partial charge in [0.1, 0.15) is 0 Å². The van der Waals surface area contributed by atoms with E-state index in [1.54, 1.807) is 11.5 Å². The number of fused-ring (bicyclic) bond motifs is 1. The van der Waals surface area contributed by atoms with E-state index in [9.17, 15) is 31.5 Å². The molecule has 4 rings (SSSR count). The number of halogens is 5. The summed E-state index contributed by atoms with van der Waals surface area (Å²) in [6.07, 6.45) is 3.25. The summed E-state index contributed by atoms with van der Waals surface area (Å²) in [7, 11) is 1.41. The SMILES string of the molecule is CC#CCn1c(N2CCCC(N)C2)nc2c1c(=O)n(C/C=C/c1c(F)c(F)c(F)c(F)c1F)c(=O)n2C. The van der Waals surface area contributed by atoms with Crippen molar-refractivity contribution in [2.75, 3.05) is 18.0 Å². The summed E-state index contributed by atoms with van der Waals surface area (Å²) in [4.78, 5) is 32.8. The summed E-state index contributed by atoms with van der Waals surface area (Å²) in [5.41, 5.74) is 3.57. The maximum Gasteiger partial charge on any atom is 0.332 e. The summed E-state index contributed by atoms with van der Waals surface area (Å²) >= 11 is 0. The molecule has 1 atom stereocenters. The number of hydrogen-bond acceptors (Lipinski definition) is 5. The van der Waals surface area contributed by atoms with Crippen LogP contribution in [0.5, 0.6) is 0 Å². The van der Waals surface area contributed by atoms with Crippen molar-refractivity contribution in [1.82, 2.24) is 18.7 Å². The number of benzene rings is 1. The molecule has 0 saturated carbocycles. The second kappa shape index (κ2) is 10.2. The Morgan fingerprint density at radius 3 is 2.32 bits per heavy atom. The number of aromatic nitrogens is 4. The summed E-state index contributed by atoms with van der Waals surface area (Å²) < 4.78 is 71.8. The van der Waals surface area contributed by atoms with Gasteiger partial charge in [-0.05, 0) is 19.8 Å². The van der Waals surface area contributed by atoms with Crippen molar-refractivity contribution in [2.24, 2.45) is 12.8 Å². The molecule has 1 saturated heterocycles. The fourth-order valence-corrected chi connectivity index (χ4v) is 4.31. The van der Waals surface area contributed by atoms with Gasteiger partial charge in [0.15, 0.2) is 34.4 Å². The van der Waals surface area contributed by atoms with E-state index in [1.165, 1.54) is 7.05 Å². The average molecular weight is 522 g/mol. The van der Waals surface area contributed by atoms with Crippen LogP contribution in [0.15, 0.2) is 15.7 Å². The van der Waals surface area contributed by atoms with Gasteiger partial charge >= 0.3 is 5.69 Å². The van der Waals surface area contributed by atoms with Gasteiger partial charge < -0.3 is 10.6 Å². The van der Waals surface area contributed by atoms with E-state index in [0.717, 1.165) is 28.1 Å². The van der Waals surface area contributed by atoms with Crippen molar-refractivity contribution in [3.8, 4) is 11.8 Å². The lowest BCUT2D eigenvalue weighted by molar-refractivity contribution is 0.377. The average Bonchev–Trinajstić information content (AvgIpc) is 3.27. The molecule has 8 nitrogen and oxygen atoms in total. The van der Waals surface area contributed by atoms with Crippen LogP contribution in [-0.2, 0) is 20.1 Å². The third-order valence-electron chi connectivity index (χ3n) is 6.18. The number of rotatable bonds is 5. The molecule has 0 aliphatic carbocycles. The molecule has 2 aromatic heterocycles. The summed E-state index contributed by atoms with van der Waals surface area (Å²) in [6, 6.07) is -0.0909. The first-order valence-corrected chi connectivity index (χ1v) is 11.4. The zero-order chi connectivity index (χ0) is 27.0. The van der Waals surface area contributed by atoms with Crippen molar-refractivity contribution in [3.05, 3.63) is 61.6 Å². The second-order valence-electron chi connectivity index (χ2n) is 8.59. The number of allylic oxidation sites excluding steroid dienone is 1. The zero-order valence-electron chi connectivity index (χ0n) is 20.0.